The fourth-order valence-corrected chi connectivity index (χ4v) is 1.59. The van der Waals surface area contributed by atoms with Crippen LogP contribution < -0.4 is 4.74 Å². The molecular formula is C10H12N2O3. The summed E-state index contributed by atoms with van der Waals surface area (Å²) in [7, 11) is 3.20. The first-order valence-electron chi connectivity index (χ1n) is 4.48. The Morgan fingerprint density at radius 2 is 2.07 bits per heavy atom. The van der Waals surface area contributed by atoms with Crippen molar-refractivity contribution in [3.8, 4) is 17.2 Å². The molecule has 0 saturated heterocycles. The summed E-state index contributed by atoms with van der Waals surface area (Å²) in [6, 6.07) is 1.35. The molecule has 0 aliphatic rings. The molecule has 2 rings (SSSR count). The maximum Gasteiger partial charge on any atom is 0.184 e. The molecule has 1 aromatic carbocycles. The maximum absolute atomic E-state index is 9.87. The van der Waals surface area contributed by atoms with E-state index in [9.17, 15) is 10.2 Å². The van der Waals surface area contributed by atoms with Crippen molar-refractivity contribution in [1.82, 2.24) is 9.55 Å². The molecule has 5 heteroatoms. The molecule has 5 nitrogen and oxygen atoms in total. The van der Waals surface area contributed by atoms with Gasteiger partial charge in [0.2, 0.25) is 0 Å². The van der Waals surface area contributed by atoms with Gasteiger partial charge < -0.3 is 19.5 Å². The van der Waals surface area contributed by atoms with Gasteiger partial charge in [-0.2, -0.15) is 0 Å². The smallest absolute Gasteiger partial charge is 0.184 e. The Morgan fingerprint density at radius 3 is 2.67 bits per heavy atom. The van der Waals surface area contributed by atoms with Gasteiger partial charge in [-0.05, 0) is 6.92 Å². The third-order valence-electron chi connectivity index (χ3n) is 2.51. The molecule has 1 heterocycles. The molecule has 0 bridgehead atoms. The predicted molar refractivity (Wildman–Crippen MR) is 55.3 cm³/mol. The van der Waals surface area contributed by atoms with Gasteiger partial charge in [0, 0.05) is 13.1 Å². The topological polar surface area (TPSA) is 67.5 Å². The second kappa shape index (κ2) is 3.05. The number of hydrogen-bond acceptors (Lipinski definition) is 4. The molecule has 2 aromatic rings. The van der Waals surface area contributed by atoms with Crippen LogP contribution in [-0.4, -0.2) is 26.9 Å². The van der Waals surface area contributed by atoms with Crippen molar-refractivity contribution in [2.45, 2.75) is 6.92 Å². The van der Waals surface area contributed by atoms with Gasteiger partial charge in [-0.15, -0.1) is 0 Å². The monoisotopic (exact) mass is 208 g/mol. The van der Waals surface area contributed by atoms with E-state index in [1.54, 1.807) is 18.5 Å². The molecule has 15 heavy (non-hydrogen) atoms. The number of aromatic nitrogens is 2. The van der Waals surface area contributed by atoms with E-state index in [2.05, 4.69) is 4.98 Å². The van der Waals surface area contributed by atoms with Gasteiger partial charge in [-0.1, -0.05) is 0 Å². The first kappa shape index (κ1) is 9.64. The molecule has 0 spiro atoms. The minimum atomic E-state index is -0.00611. The second-order valence-electron chi connectivity index (χ2n) is 3.36. The largest absolute Gasteiger partial charge is 0.505 e. The number of ether oxygens (including phenoxy) is 1. The summed E-state index contributed by atoms with van der Waals surface area (Å²) in [5.74, 6) is 0.948. The van der Waals surface area contributed by atoms with Crippen molar-refractivity contribution in [2.24, 2.45) is 7.05 Å². The van der Waals surface area contributed by atoms with E-state index in [4.69, 9.17) is 4.74 Å². The first-order valence-corrected chi connectivity index (χ1v) is 4.48. The van der Waals surface area contributed by atoms with Crippen molar-refractivity contribution >= 4 is 11.0 Å². The van der Waals surface area contributed by atoms with Crippen LogP contribution in [0.3, 0.4) is 0 Å². The van der Waals surface area contributed by atoms with Gasteiger partial charge in [-0.3, -0.25) is 0 Å². The lowest BCUT2D eigenvalue weighted by Gasteiger charge is -2.06. The van der Waals surface area contributed by atoms with Gasteiger partial charge in [0.25, 0.3) is 0 Å². The number of rotatable bonds is 1. The molecule has 0 aliphatic heterocycles. The molecule has 0 fully saturated rings. The number of nitrogens with zero attached hydrogens (tertiary/aromatic N) is 2. The Labute approximate surface area is 86.5 Å². The highest BCUT2D eigenvalue weighted by atomic mass is 16.5. The average molecular weight is 208 g/mol. The van der Waals surface area contributed by atoms with Crippen molar-refractivity contribution in [1.29, 1.82) is 0 Å². The summed E-state index contributed by atoms with van der Waals surface area (Å²) in [6.45, 7) is 1.80. The fourth-order valence-electron chi connectivity index (χ4n) is 1.59. The van der Waals surface area contributed by atoms with Crippen LogP contribution in [0, 0.1) is 6.92 Å². The number of phenols is 2. The van der Waals surface area contributed by atoms with Gasteiger partial charge in [0.15, 0.2) is 11.5 Å². The van der Waals surface area contributed by atoms with Gasteiger partial charge in [0.05, 0.1) is 7.11 Å². The van der Waals surface area contributed by atoms with Crippen LogP contribution in [0.4, 0.5) is 0 Å². The van der Waals surface area contributed by atoms with Crippen LogP contribution in [0.2, 0.25) is 0 Å². The highest BCUT2D eigenvalue weighted by molar-refractivity contribution is 5.90. The van der Waals surface area contributed by atoms with Crippen molar-refractivity contribution in [2.75, 3.05) is 7.11 Å². The third-order valence-corrected chi connectivity index (χ3v) is 2.51. The van der Waals surface area contributed by atoms with E-state index < -0.39 is 0 Å². The maximum atomic E-state index is 9.87. The second-order valence-corrected chi connectivity index (χ2v) is 3.36. The van der Waals surface area contributed by atoms with E-state index in [0.717, 1.165) is 0 Å². The van der Waals surface area contributed by atoms with Crippen LogP contribution >= 0.6 is 0 Å². The molecular weight excluding hydrogens is 196 g/mol. The molecule has 1 aromatic heterocycles. The predicted octanol–water partition coefficient (Wildman–Crippen LogP) is 1.30. The molecule has 0 unspecified atom stereocenters. The van der Waals surface area contributed by atoms with Crippen LogP contribution in [0.15, 0.2) is 6.07 Å². The summed E-state index contributed by atoms with van der Waals surface area (Å²) in [6.07, 6.45) is 0. The summed E-state index contributed by atoms with van der Waals surface area (Å²) < 4.78 is 6.65. The molecule has 0 aliphatic carbocycles. The normalized spacial score (nSPS) is 10.9. The summed E-state index contributed by atoms with van der Waals surface area (Å²) in [5.41, 5.74) is 0.859. The van der Waals surface area contributed by atoms with Crippen molar-refractivity contribution < 1.29 is 14.9 Å². The SMILES string of the molecule is COc1cc(O)c2nc(C)n(C)c2c1O. The number of imidazole rings is 1. The Bertz CT molecular complexity index is 531. The lowest BCUT2D eigenvalue weighted by Crippen LogP contribution is -1.92. The molecule has 0 radical (unpaired) electrons. The minimum Gasteiger partial charge on any atom is -0.505 e. The molecule has 0 saturated carbocycles. The third kappa shape index (κ3) is 1.20. The standard InChI is InChI=1S/C10H12N2O3/c1-5-11-8-6(13)4-7(15-3)10(14)9(8)12(5)2/h4,13-14H,1-3H3. The lowest BCUT2D eigenvalue weighted by atomic mass is 10.2. The molecule has 2 N–H and O–H groups in total. The first-order chi connectivity index (χ1) is 7.06. The Kier molecular flexibility index (Phi) is 1.96. The average Bonchev–Trinajstić information content (AvgIpc) is 2.50. The number of aromatic hydroxyl groups is 2. The van der Waals surface area contributed by atoms with Crippen molar-refractivity contribution in [3.05, 3.63) is 11.9 Å². The van der Waals surface area contributed by atoms with Crippen LogP contribution in [-0.2, 0) is 7.05 Å². The Hall–Kier alpha value is -1.91. The lowest BCUT2D eigenvalue weighted by molar-refractivity contribution is 0.371. The van der Waals surface area contributed by atoms with Crippen LogP contribution in [0.25, 0.3) is 11.0 Å². The quantitative estimate of drug-likeness (QED) is 0.693. The zero-order chi connectivity index (χ0) is 11.2. The summed E-state index contributed by atoms with van der Waals surface area (Å²) in [4.78, 5) is 4.15. The van der Waals surface area contributed by atoms with Gasteiger partial charge in [0.1, 0.15) is 22.6 Å². The van der Waals surface area contributed by atoms with E-state index in [1.165, 1.54) is 13.2 Å². The van der Waals surface area contributed by atoms with Crippen LogP contribution in [0.5, 0.6) is 17.2 Å². The number of fused-ring (bicyclic) bond motifs is 1. The number of phenolic OH excluding ortho intramolecular Hbond substituents is 2. The van der Waals surface area contributed by atoms with E-state index >= 15 is 0 Å². The Balaban J connectivity index is 2.94. The molecule has 0 amide bonds. The van der Waals surface area contributed by atoms with Crippen LogP contribution in [0.1, 0.15) is 5.82 Å². The number of methoxy groups -OCH3 is 1. The van der Waals surface area contributed by atoms with Gasteiger partial charge in [-0.25, -0.2) is 4.98 Å². The molecule has 80 valence electrons. The zero-order valence-corrected chi connectivity index (χ0v) is 8.77. The summed E-state index contributed by atoms with van der Waals surface area (Å²) in [5, 5.41) is 19.5. The van der Waals surface area contributed by atoms with E-state index in [-0.39, 0.29) is 17.2 Å². The zero-order valence-electron chi connectivity index (χ0n) is 8.77. The minimum absolute atomic E-state index is 0.00310. The number of benzene rings is 1. The summed E-state index contributed by atoms with van der Waals surface area (Å²) >= 11 is 0. The number of aryl methyl sites for hydroxylation is 2. The highest BCUT2D eigenvalue weighted by Gasteiger charge is 2.17. The fraction of sp³-hybridized carbons (Fsp3) is 0.300. The van der Waals surface area contributed by atoms with Crippen molar-refractivity contribution in [3.63, 3.8) is 0 Å². The Morgan fingerprint density at radius 1 is 1.40 bits per heavy atom. The highest BCUT2D eigenvalue weighted by Crippen LogP contribution is 2.39. The van der Waals surface area contributed by atoms with E-state index in [1.807, 2.05) is 0 Å². The molecule has 0 atom stereocenters. The number of hydrogen-bond donors (Lipinski definition) is 2. The van der Waals surface area contributed by atoms with E-state index in [0.29, 0.717) is 16.9 Å². The van der Waals surface area contributed by atoms with Gasteiger partial charge >= 0.3 is 0 Å².